The highest BCUT2D eigenvalue weighted by molar-refractivity contribution is 6.31. The molecule has 1 aromatic heterocycles. The zero-order chi connectivity index (χ0) is 18.4. The van der Waals surface area contributed by atoms with Crippen LogP contribution in [0.1, 0.15) is 58.2 Å². The van der Waals surface area contributed by atoms with Crippen LogP contribution in [0.3, 0.4) is 0 Å². The molecule has 1 atom stereocenters. The minimum atomic E-state index is -1.000. The highest BCUT2D eigenvalue weighted by atomic mass is 35.5. The van der Waals surface area contributed by atoms with Crippen LogP contribution >= 0.6 is 11.6 Å². The monoisotopic (exact) mass is 361 g/mol. The third-order valence-electron chi connectivity index (χ3n) is 5.58. The van der Waals surface area contributed by atoms with E-state index in [1.165, 1.54) is 11.6 Å². The molecule has 1 aliphatic carbocycles. The lowest BCUT2D eigenvalue weighted by atomic mass is 9.60. The lowest BCUT2D eigenvalue weighted by molar-refractivity contribution is 0.0482. The number of hydrogen-bond acceptors (Lipinski definition) is 2. The standard InChI is InChI=1S/C21H25ClFNO/c1-5-21(4,25)19-10-15(20(3)11-13(2)12-20)9-18(24-19)14-6-7-17(23)16(22)8-14/h6-10,13,25H,5,11-12H2,1-4H3. The molecule has 1 unspecified atom stereocenters. The lowest BCUT2D eigenvalue weighted by Crippen LogP contribution is -2.37. The summed E-state index contributed by atoms with van der Waals surface area (Å²) >= 11 is 5.96. The maximum atomic E-state index is 13.5. The molecule has 0 saturated heterocycles. The molecule has 2 nitrogen and oxygen atoms in total. The van der Waals surface area contributed by atoms with E-state index in [1.54, 1.807) is 19.1 Å². The van der Waals surface area contributed by atoms with Crippen LogP contribution in [-0.4, -0.2) is 10.1 Å². The van der Waals surface area contributed by atoms with Gasteiger partial charge in [0.25, 0.3) is 0 Å². The first-order valence-electron chi connectivity index (χ1n) is 8.85. The van der Waals surface area contributed by atoms with Crippen LogP contribution in [-0.2, 0) is 11.0 Å². The van der Waals surface area contributed by atoms with Gasteiger partial charge in [-0.15, -0.1) is 0 Å². The number of aliphatic hydroxyl groups is 1. The third-order valence-corrected chi connectivity index (χ3v) is 5.87. The fourth-order valence-corrected chi connectivity index (χ4v) is 4.03. The van der Waals surface area contributed by atoms with Crippen LogP contribution in [0.5, 0.6) is 0 Å². The van der Waals surface area contributed by atoms with E-state index in [1.807, 2.05) is 13.0 Å². The van der Waals surface area contributed by atoms with Crippen molar-refractivity contribution in [2.24, 2.45) is 5.92 Å². The Morgan fingerprint density at radius 1 is 1.32 bits per heavy atom. The molecule has 1 aliphatic rings. The van der Waals surface area contributed by atoms with E-state index in [-0.39, 0.29) is 10.4 Å². The largest absolute Gasteiger partial charge is 0.384 e. The molecule has 1 aromatic carbocycles. The van der Waals surface area contributed by atoms with E-state index in [0.717, 1.165) is 24.1 Å². The van der Waals surface area contributed by atoms with Crippen molar-refractivity contribution in [1.29, 1.82) is 0 Å². The van der Waals surface area contributed by atoms with Crippen LogP contribution in [0.4, 0.5) is 4.39 Å². The molecule has 25 heavy (non-hydrogen) atoms. The highest BCUT2D eigenvalue weighted by Crippen LogP contribution is 2.48. The van der Waals surface area contributed by atoms with Gasteiger partial charge in [0.15, 0.2) is 0 Å². The molecule has 0 spiro atoms. The molecular weight excluding hydrogens is 337 g/mol. The Morgan fingerprint density at radius 3 is 2.56 bits per heavy atom. The third kappa shape index (κ3) is 3.45. The predicted octanol–water partition coefficient (Wildman–Crippen LogP) is 5.85. The number of benzene rings is 1. The van der Waals surface area contributed by atoms with Crippen molar-refractivity contribution in [3.63, 3.8) is 0 Å². The van der Waals surface area contributed by atoms with Gasteiger partial charge in [-0.05, 0) is 73.4 Å². The zero-order valence-electron chi connectivity index (χ0n) is 15.2. The summed E-state index contributed by atoms with van der Waals surface area (Å²) in [5, 5.41) is 10.8. The number of rotatable bonds is 4. The Balaban J connectivity index is 2.14. The predicted molar refractivity (Wildman–Crippen MR) is 100 cm³/mol. The van der Waals surface area contributed by atoms with Crippen LogP contribution in [0.15, 0.2) is 30.3 Å². The van der Waals surface area contributed by atoms with Gasteiger partial charge in [0, 0.05) is 5.56 Å². The normalized spacial score (nSPS) is 25.3. The minimum Gasteiger partial charge on any atom is -0.384 e. The molecule has 1 N–H and O–H groups in total. The lowest BCUT2D eigenvalue weighted by Gasteiger charge is -2.45. The van der Waals surface area contributed by atoms with Crippen molar-refractivity contribution in [1.82, 2.24) is 4.98 Å². The summed E-state index contributed by atoms with van der Waals surface area (Å²) in [5.41, 5.74) is 2.42. The van der Waals surface area contributed by atoms with E-state index in [0.29, 0.717) is 18.0 Å². The molecule has 0 aliphatic heterocycles. The number of nitrogens with zero attached hydrogens (tertiary/aromatic N) is 1. The summed E-state index contributed by atoms with van der Waals surface area (Å²) < 4.78 is 13.5. The van der Waals surface area contributed by atoms with Gasteiger partial charge >= 0.3 is 0 Å². The SMILES string of the molecule is CCC(C)(O)c1cc(C2(C)CC(C)C2)cc(-c2ccc(F)c(Cl)c2)n1. The Kier molecular flexibility index (Phi) is 4.67. The van der Waals surface area contributed by atoms with E-state index in [4.69, 9.17) is 11.6 Å². The van der Waals surface area contributed by atoms with Crippen LogP contribution < -0.4 is 0 Å². The van der Waals surface area contributed by atoms with E-state index < -0.39 is 11.4 Å². The van der Waals surface area contributed by atoms with Crippen molar-refractivity contribution < 1.29 is 9.50 Å². The highest BCUT2D eigenvalue weighted by Gasteiger charge is 2.40. The number of aromatic nitrogens is 1. The van der Waals surface area contributed by atoms with E-state index in [2.05, 4.69) is 24.9 Å². The Morgan fingerprint density at radius 2 is 2.00 bits per heavy atom. The summed E-state index contributed by atoms with van der Waals surface area (Å²) in [4.78, 5) is 4.68. The summed E-state index contributed by atoms with van der Waals surface area (Å²) in [6, 6.07) is 8.73. The summed E-state index contributed by atoms with van der Waals surface area (Å²) in [6.45, 7) is 8.24. The average Bonchev–Trinajstić information content (AvgIpc) is 2.55. The molecule has 134 valence electrons. The molecule has 0 amide bonds. The maximum absolute atomic E-state index is 13.5. The number of hydrogen-bond donors (Lipinski definition) is 1. The van der Waals surface area contributed by atoms with Gasteiger partial charge in [-0.1, -0.05) is 32.4 Å². The van der Waals surface area contributed by atoms with Crippen LogP contribution in [0.2, 0.25) is 5.02 Å². The first-order valence-corrected chi connectivity index (χ1v) is 9.23. The molecule has 0 bridgehead atoms. The Hall–Kier alpha value is -1.45. The van der Waals surface area contributed by atoms with Crippen molar-refractivity contribution in [2.75, 3.05) is 0 Å². The van der Waals surface area contributed by atoms with Crippen molar-refractivity contribution in [3.05, 3.63) is 52.4 Å². The fraction of sp³-hybridized carbons (Fsp3) is 0.476. The van der Waals surface area contributed by atoms with Gasteiger partial charge in [-0.2, -0.15) is 0 Å². The summed E-state index contributed by atoms with van der Waals surface area (Å²) in [6.07, 6.45) is 2.81. The minimum absolute atomic E-state index is 0.0805. The van der Waals surface area contributed by atoms with E-state index in [9.17, 15) is 9.50 Å². The van der Waals surface area contributed by atoms with Gasteiger partial charge in [0.2, 0.25) is 0 Å². The first kappa shape index (κ1) is 18.3. The quantitative estimate of drug-likeness (QED) is 0.741. The molecule has 4 heteroatoms. The number of halogens is 2. The van der Waals surface area contributed by atoms with Crippen molar-refractivity contribution in [2.45, 2.75) is 58.0 Å². The maximum Gasteiger partial charge on any atom is 0.141 e. The average molecular weight is 362 g/mol. The number of pyridine rings is 1. The molecule has 1 heterocycles. The smallest absolute Gasteiger partial charge is 0.141 e. The first-order chi connectivity index (χ1) is 11.6. The molecule has 3 rings (SSSR count). The van der Waals surface area contributed by atoms with Gasteiger partial charge in [0.1, 0.15) is 11.4 Å². The zero-order valence-corrected chi connectivity index (χ0v) is 16.0. The fourth-order valence-electron chi connectivity index (χ4n) is 3.85. The molecular formula is C21H25ClFNO. The van der Waals surface area contributed by atoms with Crippen LogP contribution in [0.25, 0.3) is 11.3 Å². The molecule has 1 saturated carbocycles. The molecule has 0 radical (unpaired) electrons. The van der Waals surface area contributed by atoms with Crippen LogP contribution in [0, 0.1) is 11.7 Å². The Labute approximate surface area is 154 Å². The van der Waals surface area contributed by atoms with Crippen molar-refractivity contribution in [3.8, 4) is 11.3 Å². The van der Waals surface area contributed by atoms with Gasteiger partial charge < -0.3 is 5.11 Å². The molecule has 1 fully saturated rings. The second kappa shape index (κ2) is 6.37. The van der Waals surface area contributed by atoms with Gasteiger partial charge in [-0.25, -0.2) is 9.37 Å². The van der Waals surface area contributed by atoms with Crippen molar-refractivity contribution >= 4 is 11.6 Å². The topological polar surface area (TPSA) is 33.1 Å². The second-order valence-corrected chi connectivity index (χ2v) is 8.36. The van der Waals surface area contributed by atoms with E-state index >= 15 is 0 Å². The summed E-state index contributed by atoms with van der Waals surface area (Å²) in [7, 11) is 0. The van der Waals surface area contributed by atoms with Gasteiger partial charge in [0.05, 0.1) is 16.4 Å². The summed E-state index contributed by atoms with van der Waals surface area (Å²) in [5.74, 6) is 0.263. The Bertz CT molecular complexity index is 796. The second-order valence-electron chi connectivity index (χ2n) is 7.96. The molecule has 2 aromatic rings. The van der Waals surface area contributed by atoms with Gasteiger partial charge in [-0.3, -0.25) is 0 Å².